The van der Waals surface area contributed by atoms with E-state index >= 15 is 0 Å². The van der Waals surface area contributed by atoms with Gasteiger partial charge in [-0.3, -0.25) is 14.9 Å². The fourth-order valence-corrected chi connectivity index (χ4v) is 1.04. The van der Waals surface area contributed by atoms with Gasteiger partial charge in [-0.1, -0.05) is 13.8 Å². The van der Waals surface area contributed by atoms with Crippen molar-refractivity contribution in [2.24, 2.45) is 5.92 Å². The molecule has 0 aromatic heterocycles. The van der Waals surface area contributed by atoms with Gasteiger partial charge >= 0.3 is 5.97 Å². The first kappa shape index (κ1) is 12.2. The molecular formula is C11H13NO4. The van der Waals surface area contributed by atoms with Crippen molar-refractivity contribution >= 4 is 11.7 Å². The lowest BCUT2D eigenvalue weighted by Gasteiger charge is -2.06. The van der Waals surface area contributed by atoms with Crippen LogP contribution >= 0.6 is 0 Å². The zero-order valence-electron chi connectivity index (χ0n) is 9.17. The van der Waals surface area contributed by atoms with Crippen molar-refractivity contribution < 1.29 is 14.5 Å². The molecule has 0 aliphatic carbocycles. The molecule has 0 bridgehead atoms. The van der Waals surface area contributed by atoms with Crippen LogP contribution in [0, 0.1) is 16.0 Å². The van der Waals surface area contributed by atoms with Gasteiger partial charge in [0.15, 0.2) is 0 Å². The second-order valence-corrected chi connectivity index (χ2v) is 3.69. The highest BCUT2D eigenvalue weighted by atomic mass is 16.6. The van der Waals surface area contributed by atoms with E-state index in [0.29, 0.717) is 0 Å². The lowest BCUT2D eigenvalue weighted by atomic mass is 10.2. The molecule has 0 unspecified atom stereocenters. The molecule has 0 amide bonds. The molecule has 0 radical (unpaired) electrons. The van der Waals surface area contributed by atoms with Crippen LogP contribution < -0.4 is 0 Å². The maximum absolute atomic E-state index is 11.2. The third kappa shape index (κ3) is 3.34. The first-order valence-electron chi connectivity index (χ1n) is 4.90. The quantitative estimate of drug-likeness (QED) is 0.446. The van der Waals surface area contributed by atoms with Crippen LogP contribution in [0.2, 0.25) is 0 Å². The van der Waals surface area contributed by atoms with Crippen LogP contribution in [-0.4, -0.2) is 10.9 Å². The van der Waals surface area contributed by atoms with E-state index < -0.39 is 4.92 Å². The number of ether oxygens (including phenoxy) is 1. The van der Waals surface area contributed by atoms with Crippen molar-refractivity contribution in [2.75, 3.05) is 0 Å². The number of nitrogens with zero attached hydrogens (tertiary/aromatic N) is 1. The molecule has 0 saturated heterocycles. The summed E-state index contributed by atoms with van der Waals surface area (Å²) in [7, 11) is 0. The predicted molar refractivity (Wildman–Crippen MR) is 57.7 cm³/mol. The predicted octanol–water partition coefficient (Wildman–Crippen LogP) is 2.29. The molecule has 16 heavy (non-hydrogen) atoms. The Morgan fingerprint density at radius 3 is 2.38 bits per heavy atom. The number of nitro benzene ring substituents is 1. The minimum atomic E-state index is -0.468. The molecular weight excluding hydrogens is 210 g/mol. The van der Waals surface area contributed by atoms with Crippen LogP contribution in [0.3, 0.4) is 0 Å². The number of non-ortho nitro benzene ring substituents is 1. The number of esters is 1. The third-order valence-corrected chi connectivity index (χ3v) is 2.00. The van der Waals surface area contributed by atoms with Crippen LogP contribution in [0.1, 0.15) is 19.4 Å². The van der Waals surface area contributed by atoms with Gasteiger partial charge in [0.05, 0.1) is 10.8 Å². The second kappa shape index (κ2) is 5.25. The maximum Gasteiger partial charge on any atom is 0.308 e. The van der Waals surface area contributed by atoms with E-state index in [1.54, 1.807) is 26.0 Å². The van der Waals surface area contributed by atoms with E-state index in [9.17, 15) is 14.9 Å². The van der Waals surface area contributed by atoms with Crippen LogP contribution in [0.5, 0.6) is 0 Å². The molecule has 0 aliphatic heterocycles. The molecule has 5 nitrogen and oxygen atoms in total. The summed E-state index contributed by atoms with van der Waals surface area (Å²) in [6.07, 6.45) is 0. The lowest BCUT2D eigenvalue weighted by molar-refractivity contribution is -0.384. The van der Waals surface area contributed by atoms with Crippen LogP contribution in [0.4, 0.5) is 5.69 Å². The highest BCUT2D eigenvalue weighted by molar-refractivity contribution is 5.71. The molecule has 0 heterocycles. The Kier molecular flexibility index (Phi) is 3.99. The van der Waals surface area contributed by atoms with E-state index in [-0.39, 0.29) is 24.2 Å². The van der Waals surface area contributed by atoms with Crippen molar-refractivity contribution in [3.8, 4) is 0 Å². The van der Waals surface area contributed by atoms with E-state index in [0.717, 1.165) is 5.56 Å². The van der Waals surface area contributed by atoms with E-state index in [1.807, 2.05) is 0 Å². The summed E-state index contributed by atoms with van der Waals surface area (Å²) in [5, 5.41) is 10.4. The first-order chi connectivity index (χ1) is 7.50. The molecule has 5 heteroatoms. The molecule has 1 aromatic rings. The Bertz CT molecular complexity index is 383. The zero-order valence-corrected chi connectivity index (χ0v) is 9.17. The van der Waals surface area contributed by atoms with Gasteiger partial charge in [-0.05, 0) is 17.7 Å². The van der Waals surface area contributed by atoms with Crippen LogP contribution in [0.25, 0.3) is 0 Å². The molecule has 0 spiro atoms. The summed E-state index contributed by atoms with van der Waals surface area (Å²) in [4.78, 5) is 21.1. The monoisotopic (exact) mass is 223 g/mol. The molecule has 0 N–H and O–H groups in total. The Morgan fingerprint density at radius 2 is 1.94 bits per heavy atom. The lowest BCUT2D eigenvalue weighted by Crippen LogP contribution is -2.11. The van der Waals surface area contributed by atoms with Crippen molar-refractivity contribution in [3.05, 3.63) is 39.9 Å². The number of hydrogen-bond donors (Lipinski definition) is 0. The van der Waals surface area contributed by atoms with Gasteiger partial charge < -0.3 is 4.74 Å². The van der Waals surface area contributed by atoms with Crippen molar-refractivity contribution in [1.29, 1.82) is 0 Å². The summed E-state index contributed by atoms with van der Waals surface area (Å²) < 4.78 is 4.98. The fraction of sp³-hybridized carbons (Fsp3) is 0.364. The zero-order chi connectivity index (χ0) is 12.1. The fourth-order valence-electron chi connectivity index (χ4n) is 1.04. The molecule has 86 valence electrons. The highest BCUT2D eigenvalue weighted by Gasteiger charge is 2.09. The number of rotatable bonds is 4. The number of carbonyl (C=O) groups excluding carboxylic acids is 1. The van der Waals surface area contributed by atoms with E-state index in [2.05, 4.69) is 0 Å². The SMILES string of the molecule is CC(C)C(=O)OCc1ccc([N+](=O)[O-])cc1. The highest BCUT2D eigenvalue weighted by Crippen LogP contribution is 2.12. The van der Waals surface area contributed by atoms with Crippen molar-refractivity contribution in [3.63, 3.8) is 0 Å². The summed E-state index contributed by atoms with van der Waals surface area (Å²) >= 11 is 0. The second-order valence-electron chi connectivity index (χ2n) is 3.69. The van der Waals surface area contributed by atoms with E-state index in [4.69, 9.17) is 4.74 Å². The van der Waals surface area contributed by atoms with Gasteiger partial charge in [0.2, 0.25) is 0 Å². The Labute approximate surface area is 93.2 Å². The van der Waals surface area contributed by atoms with Gasteiger partial charge in [0, 0.05) is 12.1 Å². The first-order valence-corrected chi connectivity index (χ1v) is 4.90. The summed E-state index contributed by atoms with van der Waals surface area (Å²) in [6.45, 7) is 3.64. The maximum atomic E-state index is 11.2. The number of carbonyl (C=O) groups is 1. The molecule has 0 atom stereocenters. The largest absolute Gasteiger partial charge is 0.461 e. The number of nitro groups is 1. The average molecular weight is 223 g/mol. The number of benzene rings is 1. The molecule has 0 aliphatic rings. The smallest absolute Gasteiger partial charge is 0.308 e. The molecule has 0 fully saturated rings. The molecule has 0 saturated carbocycles. The Morgan fingerprint density at radius 1 is 1.38 bits per heavy atom. The van der Waals surface area contributed by atoms with Gasteiger partial charge in [-0.2, -0.15) is 0 Å². The van der Waals surface area contributed by atoms with E-state index in [1.165, 1.54) is 12.1 Å². The molecule has 1 rings (SSSR count). The van der Waals surface area contributed by atoms with Crippen molar-refractivity contribution in [1.82, 2.24) is 0 Å². The summed E-state index contributed by atoms with van der Waals surface area (Å²) in [5.74, 6) is -0.448. The average Bonchev–Trinajstić information content (AvgIpc) is 2.26. The minimum absolute atomic E-state index is 0.0268. The third-order valence-electron chi connectivity index (χ3n) is 2.00. The van der Waals surface area contributed by atoms with Gasteiger partial charge in [0.1, 0.15) is 6.61 Å². The van der Waals surface area contributed by atoms with Gasteiger partial charge in [-0.25, -0.2) is 0 Å². The van der Waals surface area contributed by atoms with Crippen molar-refractivity contribution in [2.45, 2.75) is 20.5 Å². The van der Waals surface area contributed by atoms with Crippen LogP contribution in [-0.2, 0) is 16.1 Å². The Balaban J connectivity index is 2.56. The summed E-state index contributed by atoms with van der Waals surface area (Å²) in [5.41, 5.74) is 0.763. The normalized spacial score (nSPS) is 10.2. The van der Waals surface area contributed by atoms with Gasteiger partial charge in [0.25, 0.3) is 5.69 Å². The topological polar surface area (TPSA) is 69.4 Å². The van der Waals surface area contributed by atoms with Gasteiger partial charge in [-0.15, -0.1) is 0 Å². The minimum Gasteiger partial charge on any atom is -0.461 e. The number of hydrogen-bond acceptors (Lipinski definition) is 4. The van der Waals surface area contributed by atoms with Crippen LogP contribution in [0.15, 0.2) is 24.3 Å². The molecule has 1 aromatic carbocycles. The standard InChI is InChI=1S/C11H13NO4/c1-8(2)11(13)16-7-9-3-5-10(6-4-9)12(14)15/h3-6,8H,7H2,1-2H3. The summed E-state index contributed by atoms with van der Waals surface area (Å²) in [6, 6.07) is 5.93. The Hall–Kier alpha value is -1.91.